The van der Waals surface area contributed by atoms with Crippen molar-refractivity contribution in [3.63, 3.8) is 0 Å². The Kier molecular flexibility index (Phi) is 5.62. The molecule has 96 valence electrons. The van der Waals surface area contributed by atoms with E-state index in [4.69, 9.17) is 0 Å². The van der Waals surface area contributed by atoms with Crippen molar-refractivity contribution in [2.75, 3.05) is 26.7 Å². The van der Waals surface area contributed by atoms with Crippen LogP contribution in [-0.2, 0) is 6.54 Å². The summed E-state index contributed by atoms with van der Waals surface area (Å²) in [5.74, 6) is 0. The highest BCUT2D eigenvalue weighted by Gasteiger charge is 2.23. The minimum absolute atomic E-state index is 0.153. The Morgan fingerprint density at radius 1 is 1.29 bits per heavy atom. The third kappa shape index (κ3) is 4.86. The first-order valence-corrected chi connectivity index (χ1v) is 6.18. The number of benzene rings is 1. The number of aliphatic hydroxyl groups excluding tert-OH is 1. The van der Waals surface area contributed by atoms with Gasteiger partial charge in [0, 0.05) is 13.1 Å². The lowest BCUT2D eigenvalue weighted by molar-refractivity contribution is 0.131. The highest BCUT2D eigenvalue weighted by atomic mass is 16.3. The maximum Gasteiger partial charge on any atom is 0.0623 e. The van der Waals surface area contributed by atoms with E-state index in [-0.39, 0.29) is 12.1 Å². The highest BCUT2D eigenvalue weighted by Crippen LogP contribution is 2.08. The Labute approximate surface area is 104 Å². The van der Waals surface area contributed by atoms with Crippen LogP contribution in [0.2, 0.25) is 0 Å². The summed E-state index contributed by atoms with van der Waals surface area (Å²) in [4.78, 5) is 2.23. The van der Waals surface area contributed by atoms with Crippen LogP contribution in [0, 0.1) is 0 Å². The molecule has 0 aliphatic rings. The van der Waals surface area contributed by atoms with Gasteiger partial charge >= 0.3 is 0 Å². The monoisotopic (exact) mass is 236 g/mol. The second-order valence-corrected chi connectivity index (χ2v) is 4.91. The maximum absolute atomic E-state index is 9.44. The van der Waals surface area contributed by atoms with Crippen molar-refractivity contribution >= 4 is 0 Å². The maximum atomic E-state index is 9.44. The number of nitrogens with zero attached hydrogens (tertiary/aromatic N) is 1. The summed E-state index contributed by atoms with van der Waals surface area (Å²) in [6, 6.07) is 10.4. The number of hydrogen-bond acceptors (Lipinski definition) is 3. The van der Waals surface area contributed by atoms with E-state index in [9.17, 15) is 5.11 Å². The molecule has 0 aliphatic carbocycles. The highest BCUT2D eigenvalue weighted by molar-refractivity contribution is 5.14. The standard InChI is InChI=1S/C14H24N2O/c1-4-15-14(2,12-17)11-16(3)10-13-8-6-5-7-9-13/h5-9,15,17H,4,10-12H2,1-3H3. The molecular formula is C14H24N2O. The van der Waals surface area contributed by atoms with Crippen molar-refractivity contribution in [1.29, 1.82) is 0 Å². The first kappa shape index (κ1) is 14.2. The predicted molar refractivity (Wildman–Crippen MR) is 71.9 cm³/mol. The van der Waals surface area contributed by atoms with Gasteiger partial charge in [0.1, 0.15) is 0 Å². The van der Waals surface area contributed by atoms with E-state index >= 15 is 0 Å². The van der Waals surface area contributed by atoms with Gasteiger partial charge in [0.05, 0.1) is 12.1 Å². The number of aliphatic hydroxyl groups is 1. The summed E-state index contributed by atoms with van der Waals surface area (Å²) in [7, 11) is 2.08. The lowest BCUT2D eigenvalue weighted by atomic mass is 10.0. The summed E-state index contributed by atoms with van der Waals surface area (Å²) < 4.78 is 0. The summed E-state index contributed by atoms with van der Waals surface area (Å²) in [5.41, 5.74) is 1.07. The Balaban J connectivity index is 2.51. The van der Waals surface area contributed by atoms with Crippen molar-refractivity contribution < 1.29 is 5.11 Å². The van der Waals surface area contributed by atoms with E-state index in [0.717, 1.165) is 19.6 Å². The van der Waals surface area contributed by atoms with Crippen LogP contribution in [0.25, 0.3) is 0 Å². The lowest BCUT2D eigenvalue weighted by Crippen LogP contribution is -2.53. The summed E-state index contributed by atoms with van der Waals surface area (Å²) in [5, 5.41) is 12.8. The molecule has 0 aromatic heterocycles. The molecule has 17 heavy (non-hydrogen) atoms. The SMILES string of the molecule is CCNC(C)(CO)CN(C)Cc1ccccc1. The predicted octanol–water partition coefficient (Wildman–Crippen LogP) is 1.48. The lowest BCUT2D eigenvalue weighted by Gasteiger charge is -2.33. The van der Waals surface area contributed by atoms with Crippen LogP contribution in [0.4, 0.5) is 0 Å². The molecule has 0 spiro atoms. The van der Waals surface area contributed by atoms with E-state index in [1.54, 1.807) is 0 Å². The topological polar surface area (TPSA) is 35.5 Å². The molecular weight excluding hydrogens is 212 g/mol. The Morgan fingerprint density at radius 2 is 1.94 bits per heavy atom. The molecule has 0 bridgehead atoms. The van der Waals surface area contributed by atoms with E-state index in [1.807, 2.05) is 6.07 Å². The zero-order chi connectivity index (χ0) is 12.7. The van der Waals surface area contributed by atoms with Gasteiger partial charge in [-0.25, -0.2) is 0 Å². The number of hydrogen-bond donors (Lipinski definition) is 2. The molecule has 0 heterocycles. The zero-order valence-electron chi connectivity index (χ0n) is 11.1. The van der Waals surface area contributed by atoms with E-state index in [1.165, 1.54) is 5.56 Å². The van der Waals surface area contributed by atoms with Crippen molar-refractivity contribution in [3.05, 3.63) is 35.9 Å². The number of likely N-dealkylation sites (N-methyl/N-ethyl adjacent to an activating group) is 2. The fourth-order valence-electron chi connectivity index (χ4n) is 2.14. The van der Waals surface area contributed by atoms with Gasteiger partial charge in [-0.05, 0) is 26.1 Å². The van der Waals surface area contributed by atoms with Gasteiger partial charge < -0.3 is 15.3 Å². The van der Waals surface area contributed by atoms with Crippen molar-refractivity contribution in [1.82, 2.24) is 10.2 Å². The molecule has 3 heteroatoms. The van der Waals surface area contributed by atoms with Gasteiger partial charge in [-0.1, -0.05) is 37.3 Å². The summed E-state index contributed by atoms with van der Waals surface area (Å²) >= 11 is 0. The summed E-state index contributed by atoms with van der Waals surface area (Å²) in [6.45, 7) is 6.87. The molecule has 0 aliphatic heterocycles. The fraction of sp³-hybridized carbons (Fsp3) is 0.571. The average Bonchev–Trinajstić information content (AvgIpc) is 2.30. The van der Waals surface area contributed by atoms with Crippen molar-refractivity contribution in [2.45, 2.75) is 25.9 Å². The molecule has 3 nitrogen and oxygen atoms in total. The van der Waals surface area contributed by atoms with Crippen molar-refractivity contribution in [3.8, 4) is 0 Å². The minimum atomic E-state index is -0.224. The second-order valence-electron chi connectivity index (χ2n) is 4.91. The van der Waals surface area contributed by atoms with Crippen LogP contribution in [0.1, 0.15) is 19.4 Å². The molecule has 0 saturated carbocycles. The third-order valence-electron chi connectivity index (χ3n) is 2.87. The van der Waals surface area contributed by atoms with Gasteiger partial charge in [0.2, 0.25) is 0 Å². The van der Waals surface area contributed by atoms with Gasteiger partial charge in [0.25, 0.3) is 0 Å². The van der Waals surface area contributed by atoms with Crippen LogP contribution in [0.5, 0.6) is 0 Å². The van der Waals surface area contributed by atoms with Gasteiger partial charge in [-0.15, -0.1) is 0 Å². The Hall–Kier alpha value is -0.900. The Bertz CT molecular complexity index is 315. The first-order valence-electron chi connectivity index (χ1n) is 6.18. The van der Waals surface area contributed by atoms with Crippen LogP contribution >= 0.6 is 0 Å². The van der Waals surface area contributed by atoms with E-state index < -0.39 is 0 Å². The summed E-state index contributed by atoms with van der Waals surface area (Å²) in [6.07, 6.45) is 0. The quantitative estimate of drug-likeness (QED) is 0.753. The molecule has 1 rings (SSSR count). The van der Waals surface area contributed by atoms with Gasteiger partial charge in [-0.2, -0.15) is 0 Å². The molecule has 1 atom stereocenters. The fourth-order valence-corrected chi connectivity index (χ4v) is 2.14. The number of rotatable bonds is 7. The van der Waals surface area contributed by atoms with Crippen LogP contribution in [-0.4, -0.2) is 42.3 Å². The van der Waals surface area contributed by atoms with Gasteiger partial charge in [-0.3, -0.25) is 0 Å². The molecule has 2 N–H and O–H groups in total. The number of nitrogens with one attached hydrogen (secondary N) is 1. The van der Waals surface area contributed by atoms with Crippen LogP contribution in [0.3, 0.4) is 0 Å². The van der Waals surface area contributed by atoms with Gasteiger partial charge in [0.15, 0.2) is 0 Å². The first-order chi connectivity index (χ1) is 8.09. The normalized spacial score (nSPS) is 14.9. The largest absolute Gasteiger partial charge is 0.394 e. The average molecular weight is 236 g/mol. The zero-order valence-corrected chi connectivity index (χ0v) is 11.1. The molecule has 0 fully saturated rings. The Morgan fingerprint density at radius 3 is 2.47 bits per heavy atom. The smallest absolute Gasteiger partial charge is 0.0623 e. The molecule has 1 aromatic carbocycles. The third-order valence-corrected chi connectivity index (χ3v) is 2.87. The molecule has 0 saturated heterocycles. The van der Waals surface area contributed by atoms with Crippen LogP contribution in [0.15, 0.2) is 30.3 Å². The van der Waals surface area contributed by atoms with E-state index in [0.29, 0.717) is 0 Å². The molecule has 0 radical (unpaired) electrons. The minimum Gasteiger partial charge on any atom is -0.394 e. The molecule has 1 unspecified atom stereocenters. The van der Waals surface area contributed by atoms with E-state index in [2.05, 4.69) is 55.4 Å². The molecule has 1 aromatic rings. The second kappa shape index (κ2) is 6.74. The van der Waals surface area contributed by atoms with Crippen molar-refractivity contribution in [2.24, 2.45) is 0 Å². The molecule has 0 amide bonds. The van der Waals surface area contributed by atoms with Crippen LogP contribution < -0.4 is 5.32 Å².